The molecule has 0 atom stereocenters. The zero-order chi connectivity index (χ0) is 22.7. The molecule has 7 heteroatoms. The average Bonchev–Trinajstić information content (AvgIpc) is 3.21. The minimum absolute atomic E-state index is 0.00529. The summed E-state index contributed by atoms with van der Waals surface area (Å²) in [7, 11) is 4.00. The van der Waals surface area contributed by atoms with Gasteiger partial charge in [0.15, 0.2) is 5.13 Å². The van der Waals surface area contributed by atoms with Gasteiger partial charge in [-0.05, 0) is 61.7 Å². The van der Waals surface area contributed by atoms with E-state index in [0.717, 1.165) is 60.3 Å². The molecule has 4 rings (SSSR count). The van der Waals surface area contributed by atoms with E-state index in [4.69, 9.17) is 9.72 Å². The first-order chi connectivity index (χ1) is 15.4. The van der Waals surface area contributed by atoms with E-state index in [2.05, 4.69) is 30.9 Å². The van der Waals surface area contributed by atoms with E-state index in [1.54, 1.807) is 11.3 Å². The SMILES string of the molecule is Cc1cc(C)c2sc(N(CCCN3CCOCC3)C(=O)c3ccc(N(C)C)cc3)nc2c1. The molecule has 0 saturated carbocycles. The third kappa shape index (κ3) is 5.11. The Labute approximate surface area is 194 Å². The number of hydrogen-bond donors (Lipinski definition) is 0. The van der Waals surface area contributed by atoms with E-state index >= 15 is 0 Å². The van der Waals surface area contributed by atoms with Gasteiger partial charge in [-0.2, -0.15) is 0 Å². The van der Waals surface area contributed by atoms with Crippen molar-refractivity contribution in [2.24, 2.45) is 0 Å². The molecule has 0 bridgehead atoms. The van der Waals surface area contributed by atoms with Crippen LogP contribution in [0.25, 0.3) is 10.2 Å². The van der Waals surface area contributed by atoms with E-state index in [1.807, 2.05) is 48.2 Å². The normalized spacial score (nSPS) is 14.6. The summed E-state index contributed by atoms with van der Waals surface area (Å²) in [4.78, 5) is 24.8. The van der Waals surface area contributed by atoms with Crippen LogP contribution in [0.15, 0.2) is 36.4 Å². The number of anilines is 2. The summed E-state index contributed by atoms with van der Waals surface area (Å²) in [6, 6.07) is 12.1. The van der Waals surface area contributed by atoms with Crippen LogP contribution in [-0.4, -0.2) is 69.3 Å². The molecule has 0 radical (unpaired) electrons. The van der Waals surface area contributed by atoms with E-state index in [1.165, 1.54) is 11.1 Å². The van der Waals surface area contributed by atoms with E-state index in [-0.39, 0.29) is 5.91 Å². The van der Waals surface area contributed by atoms with Crippen LogP contribution in [0, 0.1) is 13.8 Å². The highest BCUT2D eigenvalue weighted by Crippen LogP contribution is 2.33. The van der Waals surface area contributed by atoms with Crippen LogP contribution in [-0.2, 0) is 4.74 Å². The topological polar surface area (TPSA) is 48.9 Å². The highest BCUT2D eigenvalue weighted by atomic mass is 32.1. The Balaban J connectivity index is 1.59. The van der Waals surface area contributed by atoms with Crippen LogP contribution in [0.2, 0.25) is 0 Å². The van der Waals surface area contributed by atoms with Gasteiger partial charge in [0.25, 0.3) is 5.91 Å². The molecule has 6 nitrogen and oxygen atoms in total. The molecule has 0 unspecified atom stereocenters. The number of hydrogen-bond acceptors (Lipinski definition) is 6. The zero-order valence-electron chi connectivity index (χ0n) is 19.4. The predicted molar refractivity (Wildman–Crippen MR) is 133 cm³/mol. The van der Waals surface area contributed by atoms with Gasteiger partial charge in [-0.3, -0.25) is 14.6 Å². The smallest absolute Gasteiger partial charge is 0.260 e. The number of morpholine rings is 1. The molecule has 2 aromatic carbocycles. The minimum Gasteiger partial charge on any atom is -0.379 e. The fraction of sp³-hybridized carbons (Fsp3) is 0.440. The van der Waals surface area contributed by atoms with Crippen LogP contribution in [0.3, 0.4) is 0 Å². The van der Waals surface area contributed by atoms with Crippen molar-refractivity contribution in [3.8, 4) is 0 Å². The summed E-state index contributed by atoms with van der Waals surface area (Å²) in [6.45, 7) is 9.29. The second-order valence-corrected chi connectivity index (χ2v) is 9.61. The Morgan fingerprint density at radius 3 is 2.53 bits per heavy atom. The molecule has 3 aromatic rings. The average molecular weight is 453 g/mol. The molecule has 1 fully saturated rings. The second kappa shape index (κ2) is 9.98. The van der Waals surface area contributed by atoms with Gasteiger partial charge in [0.1, 0.15) is 0 Å². The number of rotatable bonds is 7. The summed E-state index contributed by atoms with van der Waals surface area (Å²) in [5.41, 5.74) is 5.13. The second-order valence-electron chi connectivity index (χ2n) is 8.63. The molecule has 1 amide bonds. The largest absolute Gasteiger partial charge is 0.379 e. The van der Waals surface area contributed by atoms with Crippen molar-refractivity contribution in [1.82, 2.24) is 9.88 Å². The van der Waals surface area contributed by atoms with Crippen LogP contribution < -0.4 is 9.80 Å². The van der Waals surface area contributed by atoms with Gasteiger partial charge in [0, 0.05) is 51.5 Å². The van der Waals surface area contributed by atoms with Crippen molar-refractivity contribution in [1.29, 1.82) is 0 Å². The molecular formula is C25H32N4O2S. The van der Waals surface area contributed by atoms with Crippen molar-refractivity contribution >= 4 is 38.3 Å². The number of amides is 1. The van der Waals surface area contributed by atoms with Crippen molar-refractivity contribution in [3.05, 3.63) is 53.1 Å². The molecule has 1 aliphatic heterocycles. The van der Waals surface area contributed by atoms with Crippen LogP contribution in [0.5, 0.6) is 0 Å². The number of carbonyl (C=O) groups is 1. The fourth-order valence-corrected chi connectivity index (χ4v) is 5.14. The number of nitrogens with zero attached hydrogens (tertiary/aromatic N) is 4. The van der Waals surface area contributed by atoms with Crippen molar-refractivity contribution < 1.29 is 9.53 Å². The lowest BCUT2D eigenvalue weighted by Gasteiger charge is -2.27. The maximum Gasteiger partial charge on any atom is 0.260 e. The monoisotopic (exact) mass is 452 g/mol. The molecule has 170 valence electrons. The van der Waals surface area contributed by atoms with Crippen LogP contribution in [0.1, 0.15) is 27.9 Å². The number of thiazole rings is 1. The van der Waals surface area contributed by atoms with E-state index in [0.29, 0.717) is 12.1 Å². The number of aryl methyl sites for hydroxylation is 2. The Kier molecular flexibility index (Phi) is 7.08. The minimum atomic E-state index is 0.00529. The van der Waals surface area contributed by atoms with E-state index in [9.17, 15) is 4.79 Å². The Morgan fingerprint density at radius 2 is 1.84 bits per heavy atom. The maximum absolute atomic E-state index is 13.6. The van der Waals surface area contributed by atoms with Crippen LogP contribution in [0.4, 0.5) is 10.8 Å². The summed E-state index contributed by atoms with van der Waals surface area (Å²) < 4.78 is 6.61. The van der Waals surface area contributed by atoms with E-state index < -0.39 is 0 Å². The van der Waals surface area contributed by atoms with Crippen molar-refractivity contribution in [3.63, 3.8) is 0 Å². The molecule has 2 heterocycles. The van der Waals surface area contributed by atoms with Gasteiger partial charge in [0.05, 0.1) is 23.4 Å². The standard InChI is InChI=1S/C25H32N4O2S/c1-18-16-19(2)23-22(17-18)26-25(32-23)29(11-5-10-28-12-14-31-15-13-28)24(30)20-6-8-21(9-7-20)27(3)4/h6-9,16-17H,5,10-15H2,1-4H3. The zero-order valence-corrected chi connectivity index (χ0v) is 20.2. The summed E-state index contributed by atoms with van der Waals surface area (Å²) >= 11 is 1.61. The molecule has 32 heavy (non-hydrogen) atoms. The number of fused-ring (bicyclic) bond motifs is 1. The predicted octanol–water partition coefficient (Wildman–Crippen LogP) is 4.35. The molecule has 0 aliphatic carbocycles. The first-order valence-corrected chi connectivity index (χ1v) is 12.0. The molecule has 1 aromatic heterocycles. The lowest BCUT2D eigenvalue weighted by molar-refractivity contribution is 0.0376. The Hall–Kier alpha value is -2.48. The molecule has 0 N–H and O–H groups in total. The lowest BCUT2D eigenvalue weighted by Crippen LogP contribution is -2.39. The van der Waals surface area contributed by atoms with Gasteiger partial charge < -0.3 is 9.64 Å². The molecule has 1 aliphatic rings. The highest BCUT2D eigenvalue weighted by Gasteiger charge is 2.22. The Morgan fingerprint density at radius 1 is 1.12 bits per heavy atom. The first kappa shape index (κ1) is 22.7. The molecular weight excluding hydrogens is 420 g/mol. The lowest BCUT2D eigenvalue weighted by atomic mass is 10.1. The molecule has 1 saturated heterocycles. The number of carbonyl (C=O) groups excluding carboxylic acids is 1. The van der Waals surface area contributed by atoms with Gasteiger partial charge in [-0.15, -0.1) is 0 Å². The summed E-state index contributed by atoms with van der Waals surface area (Å²) in [6.07, 6.45) is 0.898. The van der Waals surface area contributed by atoms with Crippen molar-refractivity contribution in [2.75, 3.05) is 63.3 Å². The first-order valence-electron chi connectivity index (χ1n) is 11.2. The third-order valence-corrected chi connectivity index (χ3v) is 7.10. The van der Waals surface area contributed by atoms with Crippen molar-refractivity contribution in [2.45, 2.75) is 20.3 Å². The Bertz CT molecular complexity index is 1070. The van der Waals surface area contributed by atoms with Crippen LogP contribution >= 0.6 is 11.3 Å². The molecule has 0 spiro atoms. The highest BCUT2D eigenvalue weighted by molar-refractivity contribution is 7.22. The van der Waals surface area contributed by atoms with Gasteiger partial charge in [-0.25, -0.2) is 4.98 Å². The maximum atomic E-state index is 13.6. The van der Waals surface area contributed by atoms with Gasteiger partial charge in [-0.1, -0.05) is 17.4 Å². The van der Waals surface area contributed by atoms with Gasteiger partial charge >= 0.3 is 0 Å². The third-order valence-electron chi connectivity index (χ3n) is 5.88. The summed E-state index contributed by atoms with van der Waals surface area (Å²) in [5, 5.41) is 0.775. The number of aromatic nitrogens is 1. The fourth-order valence-electron chi connectivity index (χ4n) is 4.10. The summed E-state index contributed by atoms with van der Waals surface area (Å²) in [5.74, 6) is 0.00529. The van der Waals surface area contributed by atoms with Gasteiger partial charge in [0.2, 0.25) is 0 Å². The number of ether oxygens (including phenoxy) is 1. The quantitative estimate of drug-likeness (QED) is 0.533. The number of benzene rings is 2.